The molecule has 1 aromatic heterocycles. The summed E-state index contributed by atoms with van der Waals surface area (Å²) in [6.45, 7) is 7.18. The number of unbranched alkanes of at least 4 members (excludes halogenated alkanes) is 1. The first kappa shape index (κ1) is 14.1. The maximum Gasteiger partial charge on any atom is 0.134 e. The summed E-state index contributed by atoms with van der Waals surface area (Å²) in [5, 5.41) is 12.6. The van der Waals surface area contributed by atoms with Gasteiger partial charge in [-0.15, -0.1) is 0 Å². The van der Waals surface area contributed by atoms with Crippen molar-refractivity contribution in [1.29, 1.82) is 0 Å². The van der Waals surface area contributed by atoms with Gasteiger partial charge in [0, 0.05) is 38.2 Å². The van der Waals surface area contributed by atoms with Crippen LogP contribution in [0.3, 0.4) is 0 Å². The monoisotopic (exact) mass is 264 g/mol. The van der Waals surface area contributed by atoms with Crippen LogP contribution in [0.4, 0.5) is 11.6 Å². The van der Waals surface area contributed by atoms with E-state index in [0.29, 0.717) is 5.92 Å². The molecule has 0 aromatic carbocycles. The number of anilines is 2. The molecule has 106 valence electrons. The van der Waals surface area contributed by atoms with Crippen molar-refractivity contribution in [2.45, 2.75) is 33.1 Å². The van der Waals surface area contributed by atoms with Crippen molar-refractivity contribution >= 4 is 11.6 Å². The van der Waals surface area contributed by atoms with Crippen LogP contribution in [0.2, 0.25) is 0 Å². The van der Waals surface area contributed by atoms with Gasteiger partial charge >= 0.3 is 0 Å². The molecule has 1 aliphatic heterocycles. The molecule has 5 heteroatoms. The molecule has 0 aliphatic carbocycles. The third-order valence-electron chi connectivity index (χ3n) is 3.53. The van der Waals surface area contributed by atoms with Gasteiger partial charge in [0.05, 0.1) is 0 Å². The van der Waals surface area contributed by atoms with Crippen molar-refractivity contribution in [2.75, 3.05) is 36.5 Å². The Morgan fingerprint density at radius 2 is 2.32 bits per heavy atom. The number of aliphatic hydroxyl groups is 1. The van der Waals surface area contributed by atoms with Crippen LogP contribution in [0.15, 0.2) is 6.07 Å². The fourth-order valence-electron chi connectivity index (χ4n) is 2.39. The van der Waals surface area contributed by atoms with Crippen molar-refractivity contribution in [3.8, 4) is 0 Å². The van der Waals surface area contributed by atoms with Crippen molar-refractivity contribution in [1.82, 2.24) is 9.97 Å². The topological polar surface area (TPSA) is 61.3 Å². The smallest absolute Gasteiger partial charge is 0.134 e. The standard InChI is InChI=1S/C14H24N4O/c1-3-4-6-15-13-8-14(17-11(2)16-13)18-7-5-12(9-18)10-19/h8,12,19H,3-7,9-10H2,1-2H3,(H,15,16,17). The van der Waals surface area contributed by atoms with E-state index in [4.69, 9.17) is 0 Å². The van der Waals surface area contributed by atoms with Gasteiger partial charge in [-0.1, -0.05) is 13.3 Å². The normalized spacial score (nSPS) is 18.9. The van der Waals surface area contributed by atoms with E-state index >= 15 is 0 Å². The van der Waals surface area contributed by atoms with Crippen LogP contribution in [0.25, 0.3) is 0 Å². The van der Waals surface area contributed by atoms with Crippen LogP contribution in [0, 0.1) is 12.8 Å². The van der Waals surface area contributed by atoms with Crippen molar-refractivity contribution < 1.29 is 5.11 Å². The zero-order chi connectivity index (χ0) is 13.7. The first-order valence-corrected chi connectivity index (χ1v) is 7.18. The summed E-state index contributed by atoms with van der Waals surface area (Å²) in [5.41, 5.74) is 0. The Morgan fingerprint density at radius 1 is 1.47 bits per heavy atom. The van der Waals surface area contributed by atoms with Crippen molar-refractivity contribution in [3.05, 3.63) is 11.9 Å². The predicted molar refractivity (Wildman–Crippen MR) is 77.6 cm³/mol. The summed E-state index contributed by atoms with van der Waals surface area (Å²) in [6, 6.07) is 2.02. The van der Waals surface area contributed by atoms with E-state index in [-0.39, 0.29) is 6.61 Å². The van der Waals surface area contributed by atoms with E-state index in [1.807, 2.05) is 13.0 Å². The summed E-state index contributed by atoms with van der Waals surface area (Å²) >= 11 is 0. The summed E-state index contributed by atoms with van der Waals surface area (Å²) in [5.74, 6) is 3.06. The number of aliphatic hydroxyl groups excluding tert-OH is 1. The van der Waals surface area contributed by atoms with E-state index in [9.17, 15) is 5.11 Å². The summed E-state index contributed by atoms with van der Waals surface area (Å²) in [7, 11) is 0. The molecule has 1 fully saturated rings. The van der Waals surface area contributed by atoms with Gasteiger partial charge in [-0.25, -0.2) is 9.97 Å². The quantitative estimate of drug-likeness (QED) is 0.767. The van der Waals surface area contributed by atoms with Gasteiger partial charge in [-0.05, 0) is 19.8 Å². The van der Waals surface area contributed by atoms with Crippen molar-refractivity contribution in [3.63, 3.8) is 0 Å². The zero-order valence-electron chi connectivity index (χ0n) is 11.9. The number of nitrogens with zero attached hydrogens (tertiary/aromatic N) is 3. The van der Waals surface area contributed by atoms with Crippen LogP contribution >= 0.6 is 0 Å². The lowest BCUT2D eigenvalue weighted by atomic mass is 10.1. The molecular weight excluding hydrogens is 240 g/mol. The average Bonchev–Trinajstić information content (AvgIpc) is 2.87. The minimum atomic E-state index is 0.266. The van der Waals surface area contributed by atoms with E-state index in [2.05, 4.69) is 27.1 Å². The van der Waals surface area contributed by atoms with Crippen LogP contribution in [-0.4, -0.2) is 41.3 Å². The lowest BCUT2D eigenvalue weighted by Crippen LogP contribution is -2.22. The highest BCUT2D eigenvalue weighted by atomic mass is 16.3. The molecular formula is C14H24N4O. The summed E-state index contributed by atoms with van der Waals surface area (Å²) < 4.78 is 0. The Hall–Kier alpha value is -1.36. The third kappa shape index (κ3) is 3.80. The Labute approximate surface area is 115 Å². The van der Waals surface area contributed by atoms with Crippen molar-refractivity contribution in [2.24, 2.45) is 5.92 Å². The molecule has 0 amide bonds. The summed E-state index contributed by atoms with van der Waals surface area (Å²) in [4.78, 5) is 11.2. The minimum Gasteiger partial charge on any atom is -0.396 e. The number of rotatable bonds is 6. The van der Waals surface area contributed by atoms with Crippen LogP contribution < -0.4 is 10.2 Å². The maximum atomic E-state index is 9.21. The van der Waals surface area contributed by atoms with Crippen LogP contribution in [-0.2, 0) is 0 Å². The molecule has 2 rings (SSSR count). The molecule has 0 radical (unpaired) electrons. The molecule has 0 spiro atoms. The number of aromatic nitrogens is 2. The first-order chi connectivity index (χ1) is 9.22. The molecule has 2 heterocycles. The largest absolute Gasteiger partial charge is 0.396 e. The lowest BCUT2D eigenvalue weighted by Gasteiger charge is -2.18. The van der Waals surface area contributed by atoms with Gasteiger partial charge in [-0.3, -0.25) is 0 Å². The number of nitrogens with one attached hydrogen (secondary N) is 1. The first-order valence-electron chi connectivity index (χ1n) is 7.18. The van der Waals surface area contributed by atoms with Gasteiger partial charge in [0.2, 0.25) is 0 Å². The second kappa shape index (κ2) is 6.70. The molecule has 1 saturated heterocycles. The highest BCUT2D eigenvalue weighted by molar-refractivity contribution is 5.50. The Morgan fingerprint density at radius 3 is 3.00 bits per heavy atom. The Bertz CT molecular complexity index is 410. The maximum absolute atomic E-state index is 9.21. The van der Waals surface area contributed by atoms with E-state index in [1.165, 1.54) is 6.42 Å². The molecule has 1 aliphatic rings. The second-order valence-corrected chi connectivity index (χ2v) is 5.22. The minimum absolute atomic E-state index is 0.266. The predicted octanol–water partition coefficient (Wildman–Crippen LogP) is 1.82. The second-order valence-electron chi connectivity index (χ2n) is 5.22. The number of hydrogen-bond acceptors (Lipinski definition) is 5. The number of hydrogen-bond donors (Lipinski definition) is 2. The van der Waals surface area contributed by atoms with E-state index < -0.39 is 0 Å². The highest BCUT2D eigenvalue weighted by Crippen LogP contribution is 2.23. The molecule has 1 unspecified atom stereocenters. The zero-order valence-corrected chi connectivity index (χ0v) is 11.9. The Balaban J connectivity index is 2.04. The fourth-order valence-corrected chi connectivity index (χ4v) is 2.39. The van der Waals surface area contributed by atoms with Gasteiger partial charge in [0.25, 0.3) is 0 Å². The van der Waals surface area contributed by atoms with Gasteiger partial charge < -0.3 is 15.3 Å². The molecule has 0 saturated carbocycles. The van der Waals surface area contributed by atoms with E-state index in [1.54, 1.807) is 0 Å². The Kier molecular flexibility index (Phi) is 4.96. The molecule has 0 bridgehead atoms. The SMILES string of the molecule is CCCCNc1cc(N2CCC(CO)C2)nc(C)n1. The molecule has 2 N–H and O–H groups in total. The molecule has 1 aromatic rings. The molecule has 1 atom stereocenters. The van der Waals surface area contributed by atoms with E-state index in [0.717, 1.165) is 49.9 Å². The highest BCUT2D eigenvalue weighted by Gasteiger charge is 2.23. The number of aryl methyl sites for hydroxylation is 1. The van der Waals surface area contributed by atoms with Crippen LogP contribution in [0.1, 0.15) is 32.0 Å². The van der Waals surface area contributed by atoms with Gasteiger partial charge in [0.1, 0.15) is 17.5 Å². The molecule has 5 nitrogen and oxygen atoms in total. The van der Waals surface area contributed by atoms with Gasteiger partial charge in [-0.2, -0.15) is 0 Å². The average molecular weight is 264 g/mol. The van der Waals surface area contributed by atoms with Crippen LogP contribution in [0.5, 0.6) is 0 Å². The summed E-state index contributed by atoms with van der Waals surface area (Å²) in [6.07, 6.45) is 3.36. The van der Waals surface area contributed by atoms with Gasteiger partial charge in [0.15, 0.2) is 0 Å². The fraction of sp³-hybridized carbons (Fsp3) is 0.714. The lowest BCUT2D eigenvalue weighted by molar-refractivity contribution is 0.238. The molecule has 19 heavy (non-hydrogen) atoms. The third-order valence-corrected chi connectivity index (χ3v) is 3.53.